The van der Waals surface area contributed by atoms with Crippen molar-refractivity contribution in [3.05, 3.63) is 12.2 Å². The molecule has 0 radical (unpaired) electrons. The van der Waals surface area contributed by atoms with Crippen molar-refractivity contribution in [3.8, 4) is 0 Å². The van der Waals surface area contributed by atoms with E-state index in [0.29, 0.717) is 25.5 Å². The Kier molecular flexibility index (Phi) is 6.74. The second-order valence-electron chi connectivity index (χ2n) is 3.74. The van der Waals surface area contributed by atoms with E-state index in [2.05, 4.69) is 20.1 Å². The molecular weight excluding hydrogens is 265 g/mol. The molecule has 0 atom stereocenters. The first-order valence-electron chi connectivity index (χ1n) is 5.74. The Morgan fingerprint density at radius 3 is 2.84 bits per heavy atom. The van der Waals surface area contributed by atoms with Crippen molar-refractivity contribution in [1.29, 1.82) is 0 Å². The SMILES string of the molecule is COCCNCc1ncnn1CCOCC(F)(F)F. The number of alkyl halides is 3. The molecule has 110 valence electrons. The number of aromatic nitrogens is 3. The van der Waals surface area contributed by atoms with E-state index in [-0.39, 0.29) is 13.2 Å². The lowest BCUT2D eigenvalue weighted by Gasteiger charge is -2.09. The second kappa shape index (κ2) is 8.08. The third-order valence-corrected chi connectivity index (χ3v) is 2.17. The average molecular weight is 282 g/mol. The van der Waals surface area contributed by atoms with Crippen LogP contribution in [0, 0.1) is 0 Å². The molecule has 0 bridgehead atoms. The van der Waals surface area contributed by atoms with Crippen LogP contribution in [-0.2, 0) is 22.6 Å². The molecule has 6 nitrogen and oxygen atoms in total. The number of hydrogen-bond donors (Lipinski definition) is 1. The van der Waals surface area contributed by atoms with E-state index in [1.54, 1.807) is 7.11 Å². The van der Waals surface area contributed by atoms with Gasteiger partial charge in [0, 0.05) is 13.7 Å². The van der Waals surface area contributed by atoms with Crippen LogP contribution in [0.25, 0.3) is 0 Å². The topological polar surface area (TPSA) is 61.2 Å². The molecule has 0 aromatic carbocycles. The van der Waals surface area contributed by atoms with Crippen molar-refractivity contribution in [1.82, 2.24) is 20.1 Å². The summed E-state index contributed by atoms with van der Waals surface area (Å²) in [5, 5.41) is 7.00. The molecule has 0 saturated heterocycles. The zero-order valence-electron chi connectivity index (χ0n) is 10.6. The molecule has 0 aliphatic heterocycles. The molecule has 0 fully saturated rings. The highest BCUT2D eigenvalue weighted by Crippen LogP contribution is 2.14. The number of rotatable bonds is 9. The smallest absolute Gasteiger partial charge is 0.383 e. The van der Waals surface area contributed by atoms with Gasteiger partial charge < -0.3 is 14.8 Å². The van der Waals surface area contributed by atoms with Gasteiger partial charge in [0.25, 0.3) is 0 Å². The average Bonchev–Trinajstić information content (AvgIpc) is 2.77. The number of methoxy groups -OCH3 is 1. The minimum atomic E-state index is -4.30. The molecule has 0 amide bonds. The van der Waals surface area contributed by atoms with E-state index >= 15 is 0 Å². The minimum absolute atomic E-state index is 0.0616. The summed E-state index contributed by atoms with van der Waals surface area (Å²) in [4.78, 5) is 4.01. The van der Waals surface area contributed by atoms with Crippen LogP contribution in [0.5, 0.6) is 0 Å². The fourth-order valence-corrected chi connectivity index (χ4v) is 1.33. The van der Waals surface area contributed by atoms with Gasteiger partial charge in [-0.3, -0.25) is 0 Å². The van der Waals surface area contributed by atoms with Crippen LogP contribution in [-0.4, -0.2) is 54.4 Å². The van der Waals surface area contributed by atoms with Gasteiger partial charge in [0.2, 0.25) is 0 Å². The maximum Gasteiger partial charge on any atom is 0.411 e. The summed E-state index contributed by atoms with van der Waals surface area (Å²) < 4.78 is 46.5. The molecule has 1 heterocycles. The van der Waals surface area contributed by atoms with Gasteiger partial charge >= 0.3 is 6.18 Å². The van der Waals surface area contributed by atoms with E-state index in [1.807, 2.05) is 0 Å². The fraction of sp³-hybridized carbons (Fsp3) is 0.800. The predicted octanol–water partition coefficient (Wildman–Crippen LogP) is 0.593. The van der Waals surface area contributed by atoms with Crippen molar-refractivity contribution in [2.75, 3.05) is 33.5 Å². The zero-order chi connectivity index (χ0) is 14.1. The molecule has 1 aromatic rings. The Morgan fingerprint density at radius 2 is 2.16 bits per heavy atom. The molecule has 9 heteroatoms. The first-order chi connectivity index (χ1) is 9.03. The quantitative estimate of drug-likeness (QED) is 0.672. The predicted molar refractivity (Wildman–Crippen MR) is 60.5 cm³/mol. The van der Waals surface area contributed by atoms with Crippen LogP contribution >= 0.6 is 0 Å². The first-order valence-corrected chi connectivity index (χ1v) is 5.74. The van der Waals surface area contributed by atoms with E-state index in [1.165, 1.54) is 11.0 Å². The zero-order valence-corrected chi connectivity index (χ0v) is 10.6. The molecular formula is C10H17F3N4O2. The van der Waals surface area contributed by atoms with Gasteiger partial charge in [-0.1, -0.05) is 0 Å². The Labute approximate surface area is 108 Å². The Balaban J connectivity index is 2.24. The highest BCUT2D eigenvalue weighted by atomic mass is 19.4. The number of nitrogens with zero attached hydrogens (tertiary/aromatic N) is 3. The third kappa shape index (κ3) is 7.09. The van der Waals surface area contributed by atoms with E-state index in [4.69, 9.17) is 4.74 Å². The minimum Gasteiger partial charge on any atom is -0.383 e. The maximum absolute atomic E-state index is 11.9. The monoisotopic (exact) mass is 282 g/mol. The van der Waals surface area contributed by atoms with Crippen molar-refractivity contribution >= 4 is 0 Å². The fourth-order valence-electron chi connectivity index (χ4n) is 1.33. The van der Waals surface area contributed by atoms with Crippen LogP contribution < -0.4 is 5.32 Å². The Bertz CT molecular complexity index is 357. The maximum atomic E-state index is 11.9. The highest BCUT2D eigenvalue weighted by molar-refractivity contribution is 4.83. The van der Waals surface area contributed by atoms with Crippen LogP contribution in [0.15, 0.2) is 6.33 Å². The van der Waals surface area contributed by atoms with Gasteiger partial charge in [0.1, 0.15) is 18.8 Å². The van der Waals surface area contributed by atoms with Crippen LogP contribution in [0.2, 0.25) is 0 Å². The first kappa shape index (κ1) is 15.9. The summed E-state index contributed by atoms with van der Waals surface area (Å²) >= 11 is 0. The van der Waals surface area contributed by atoms with E-state index in [9.17, 15) is 13.2 Å². The largest absolute Gasteiger partial charge is 0.411 e. The Hall–Kier alpha value is -1.19. The summed E-state index contributed by atoms with van der Waals surface area (Å²) in [7, 11) is 1.60. The molecule has 19 heavy (non-hydrogen) atoms. The molecule has 1 rings (SSSR count). The van der Waals surface area contributed by atoms with Gasteiger partial charge in [-0.2, -0.15) is 18.3 Å². The number of nitrogens with one attached hydrogen (secondary N) is 1. The second-order valence-corrected chi connectivity index (χ2v) is 3.74. The van der Waals surface area contributed by atoms with E-state index in [0.717, 1.165) is 0 Å². The summed E-state index contributed by atoms with van der Waals surface area (Å²) in [6, 6.07) is 0. The Morgan fingerprint density at radius 1 is 1.37 bits per heavy atom. The van der Waals surface area contributed by atoms with Crippen LogP contribution in [0.3, 0.4) is 0 Å². The normalized spacial score (nSPS) is 12.0. The van der Waals surface area contributed by atoms with E-state index < -0.39 is 12.8 Å². The number of halogens is 3. The molecule has 0 aliphatic carbocycles. The van der Waals surface area contributed by atoms with Crippen molar-refractivity contribution < 1.29 is 22.6 Å². The van der Waals surface area contributed by atoms with Crippen LogP contribution in [0.1, 0.15) is 5.82 Å². The van der Waals surface area contributed by atoms with Crippen molar-refractivity contribution in [2.45, 2.75) is 19.3 Å². The van der Waals surface area contributed by atoms with Gasteiger partial charge in [0.05, 0.1) is 26.3 Å². The summed E-state index contributed by atoms with van der Waals surface area (Å²) in [5.74, 6) is 0.645. The molecule has 0 aliphatic rings. The van der Waals surface area contributed by atoms with Gasteiger partial charge in [-0.05, 0) is 0 Å². The van der Waals surface area contributed by atoms with Gasteiger partial charge in [0.15, 0.2) is 0 Å². The summed E-state index contributed by atoms with van der Waals surface area (Å²) in [5.41, 5.74) is 0. The van der Waals surface area contributed by atoms with Crippen molar-refractivity contribution in [2.24, 2.45) is 0 Å². The molecule has 1 N–H and O–H groups in total. The molecule has 1 aromatic heterocycles. The lowest BCUT2D eigenvalue weighted by Crippen LogP contribution is -2.23. The van der Waals surface area contributed by atoms with Gasteiger partial charge in [-0.25, -0.2) is 9.67 Å². The summed E-state index contributed by atoms with van der Waals surface area (Å²) in [6.45, 7) is 0.633. The number of ether oxygens (including phenoxy) is 2. The lowest BCUT2D eigenvalue weighted by atomic mass is 10.5. The molecule has 0 spiro atoms. The summed E-state index contributed by atoms with van der Waals surface area (Å²) in [6.07, 6.45) is -2.94. The van der Waals surface area contributed by atoms with Crippen molar-refractivity contribution in [3.63, 3.8) is 0 Å². The third-order valence-electron chi connectivity index (χ3n) is 2.17. The lowest BCUT2D eigenvalue weighted by molar-refractivity contribution is -0.174. The van der Waals surface area contributed by atoms with Crippen LogP contribution in [0.4, 0.5) is 13.2 Å². The molecule has 0 saturated carbocycles. The molecule has 0 unspecified atom stereocenters. The number of hydrogen-bond acceptors (Lipinski definition) is 5. The van der Waals surface area contributed by atoms with Gasteiger partial charge in [-0.15, -0.1) is 0 Å². The highest BCUT2D eigenvalue weighted by Gasteiger charge is 2.27. The standard InChI is InChI=1S/C10H17F3N4O2/c1-18-4-2-14-6-9-15-8-16-17(9)3-5-19-7-10(11,12)13/h8,14H,2-7H2,1H3.